The number of carbonyl (C=O) groups is 1. The van der Waals surface area contributed by atoms with Crippen molar-refractivity contribution in [3.05, 3.63) is 59.7 Å². The summed E-state index contributed by atoms with van der Waals surface area (Å²) in [7, 11) is 1.76. The van der Waals surface area contributed by atoms with Gasteiger partial charge in [0.05, 0.1) is 5.56 Å². The molecule has 2 aromatic rings. The first-order chi connectivity index (χ1) is 9.50. The SMILES string of the molecule is CC(C)c1ccc(N(C)C(=O)c2ccccc2N)cc1. The zero-order valence-corrected chi connectivity index (χ0v) is 12.1. The standard InChI is InChI=1S/C17H20N2O/c1-12(2)13-8-10-14(11-9-13)19(3)17(20)15-6-4-5-7-16(15)18/h4-12H,18H2,1-3H3. The summed E-state index contributed by atoms with van der Waals surface area (Å²) in [6.45, 7) is 4.29. The lowest BCUT2D eigenvalue weighted by Gasteiger charge is -2.19. The van der Waals surface area contributed by atoms with E-state index in [0.29, 0.717) is 17.2 Å². The summed E-state index contributed by atoms with van der Waals surface area (Å²) in [4.78, 5) is 14.1. The quantitative estimate of drug-likeness (QED) is 0.863. The molecular formula is C17H20N2O. The smallest absolute Gasteiger partial charge is 0.260 e. The van der Waals surface area contributed by atoms with E-state index in [2.05, 4.69) is 26.0 Å². The molecule has 2 N–H and O–H groups in total. The highest BCUT2D eigenvalue weighted by Crippen LogP contribution is 2.22. The molecule has 20 heavy (non-hydrogen) atoms. The first-order valence-corrected chi connectivity index (χ1v) is 6.73. The molecule has 0 aliphatic carbocycles. The summed E-state index contributed by atoms with van der Waals surface area (Å²) in [5.74, 6) is 0.384. The normalized spacial score (nSPS) is 10.6. The second-order valence-corrected chi connectivity index (χ2v) is 5.20. The maximum absolute atomic E-state index is 12.4. The molecule has 0 atom stereocenters. The Hall–Kier alpha value is -2.29. The molecule has 3 heteroatoms. The van der Waals surface area contributed by atoms with Gasteiger partial charge in [-0.15, -0.1) is 0 Å². The molecule has 0 aliphatic heterocycles. The van der Waals surface area contributed by atoms with Crippen molar-refractivity contribution in [1.82, 2.24) is 0 Å². The Morgan fingerprint density at radius 1 is 1.05 bits per heavy atom. The van der Waals surface area contributed by atoms with Crippen molar-refractivity contribution in [3.63, 3.8) is 0 Å². The van der Waals surface area contributed by atoms with Gasteiger partial charge >= 0.3 is 0 Å². The first-order valence-electron chi connectivity index (χ1n) is 6.73. The fourth-order valence-electron chi connectivity index (χ4n) is 2.07. The summed E-state index contributed by atoms with van der Waals surface area (Å²) in [5.41, 5.74) is 9.01. The van der Waals surface area contributed by atoms with Crippen molar-refractivity contribution >= 4 is 17.3 Å². The third-order valence-corrected chi connectivity index (χ3v) is 3.44. The molecule has 0 aromatic heterocycles. The van der Waals surface area contributed by atoms with E-state index in [4.69, 9.17) is 5.73 Å². The molecule has 2 aromatic carbocycles. The van der Waals surface area contributed by atoms with Crippen molar-refractivity contribution in [3.8, 4) is 0 Å². The van der Waals surface area contributed by atoms with E-state index >= 15 is 0 Å². The Morgan fingerprint density at radius 3 is 2.20 bits per heavy atom. The van der Waals surface area contributed by atoms with Gasteiger partial charge < -0.3 is 10.6 Å². The van der Waals surface area contributed by atoms with Crippen LogP contribution in [0.5, 0.6) is 0 Å². The van der Waals surface area contributed by atoms with Gasteiger partial charge in [0.25, 0.3) is 5.91 Å². The van der Waals surface area contributed by atoms with Gasteiger partial charge in [0.15, 0.2) is 0 Å². The maximum atomic E-state index is 12.4. The monoisotopic (exact) mass is 268 g/mol. The number of hydrogen-bond donors (Lipinski definition) is 1. The van der Waals surface area contributed by atoms with E-state index in [1.54, 1.807) is 24.1 Å². The van der Waals surface area contributed by atoms with Crippen LogP contribution in [0.3, 0.4) is 0 Å². The molecule has 3 nitrogen and oxygen atoms in total. The van der Waals surface area contributed by atoms with Gasteiger partial charge in [-0.1, -0.05) is 38.1 Å². The number of para-hydroxylation sites is 1. The third-order valence-electron chi connectivity index (χ3n) is 3.44. The summed E-state index contributed by atoms with van der Waals surface area (Å²) >= 11 is 0. The third kappa shape index (κ3) is 2.82. The molecule has 0 saturated carbocycles. The molecule has 0 radical (unpaired) electrons. The van der Waals surface area contributed by atoms with Crippen LogP contribution in [0.15, 0.2) is 48.5 Å². The zero-order valence-electron chi connectivity index (χ0n) is 12.1. The minimum atomic E-state index is -0.0969. The Kier molecular flexibility index (Phi) is 4.08. The van der Waals surface area contributed by atoms with Crippen LogP contribution in [-0.4, -0.2) is 13.0 Å². The van der Waals surface area contributed by atoms with Gasteiger partial charge in [0.2, 0.25) is 0 Å². The number of carbonyl (C=O) groups excluding carboxylic acids is 1. The highest BCUT2D eigenvalue weighted by molar-refractivity contribution is 6.08. The van der Waals surface area contributed by atoms with E-state index in [9.17, 15) is 4.79 Å². The van der Waals surface area contributed by atoms with Crippen molar-refractivity contribution in [2.75, 3.05) is 17.7 Å². The van der Waals surface area contributed by atoms with Gasteiger partial charge in [0, 0.05) is 18.4 Å². The average Bonchev–Trinajstić information content (AvgIpc) is 2.46. The summed E-state index contributed by atoms with van der Waals surface area (Å²) in [6.07, 6.45) is 0. The largest absolute Gasteiger partial charge is 0.398 e. The van der Waals surface area contributed by atoms with Crippen LogP contribution in [0.1, 0.15) is 35.7 Å². The lowest BCUT2D eigenvalue weighted by atomic mass is 10.0. The van der Waals surface area contributed by atoms with Crippen molar-refractivity contribution < 1.29 is 4.79 Å². The molecule has 0 spiro atoms. The van der Waals surface area contributed by atoms with Crippen LogP contribution in [-0.2, 0) is 0 Å². The van der Waals surface area contributed by atoms with Gasteiger partial charge in [0.1, 0.15) is 0 Å². The van der Waals surface area contributed by atoms with Crippen LogP contribution in [0.4, 0.5) is 11.4 Å². The molecular weight excluding hydrogens is 248 g/mol. The summed E-state index contributed by atoms with van der Waals surface area (Å²) in [5, 5.41) is 0. The van der Waals surface area contributed by atoms with E-state index in [1.165, 1.54) is 5.56 Å². The van der Waals surface area contributed by atoms with E-state index in [1.807, 2.05) is 24.3 Å². The van der Waals surface area contributed by atoms with Crippen molar-refractivity contribution in [2.45, 2.75) is 19.8 Å². The second-order valence-electron chi connectivity index (χ2n) is 5.20. The molecule has 0 saturated heterocycles. The van der Waals surface area contributed by atoms with Crippen LogP contribution in [0.25, 0.3) is 0 Å². The second kappa shape index (κ2) is 5.78. The van der Waals surface area contributed by atoms with Gasteiger partial charge in [-0.05, 0) is 35.7 Å². The van der Waals surface area contributed by atoms with E-state index in [-0.39, 0.29) is 5.91 Å². The summed E-state index contributed by atoms with van der Waals surface area (Å²) < 4.78 is 0. The number of rotatable bonds is 3. The molecule has 0 unspecified atom stereocenters. The highest BCUT2D eigenvalue weighted by Gasteiger charge is 2.15. The highest BCUT2D eigenvalue weighted by atomic mass is 16.2. The van der Waals surface area contributed by atoms with E-state index < -0.39 is 0 Å². The molecule has 0 aliphatic rings. The first kappa shape index (κ1) is 14.1. The number of benzene rings is 2. The molecule has 0 fully saturated rings. The molecule has 2 rings (SSSR count). The molecule has 1 amide bonds. The predicted molar refractivity (Wildman–Crippen MR) is 84.1 cm³/mol. The minimum absolute atomic E-state index is 0.0969. The van der Waals surface area contributed by atoms with Crippen molar-refractivity contribution in [2.24, 2.45) is 0 Å². The Bertz CT molecular complexity index is 603. The lowest BCUT2D eigenvalue weighted by molar-refractivity contribution is 0.0994. The topological polar surface area (TPSA) is 46.3 Å². The van der Waals surface area contributed by atoms with Crippen LogP contribution in [0, 0.1) is 0 Å². The maximum Gasteiger partial charge on any atom is 0.260 e. The van der Waals surface area contributed by atoms with Crippen molar-refractivity contribution in [1.29, 1.82) is 0 Å². The number of hydrogen-bond acceptors (Lipinski definition) is 2. The average molecular weight is 268 g/mol. The Labute approximate surface area is 120 Å². The van der Waals surface area contributed by atoms with Gasteiger partial charge in [-0.2, -0.15) is 0 Å². The van der Waals surface area contributed by atoms with Crippen LogP contribution < -0.4 is 10.6 Å². The number of anilines is 2. The number of nitrogens with zero attached hydrogens (tertiary/aromatic N) is 1. The van der Waals surface area contributed by atoms with Crippen LogP contribution in [0.2, 0.25) is 0 Å². The van der Waals surface area contributed by atoms with Crippen LogP contribution >= 0.6 is 0 Å². The Balaban J connectivity index is 2.25. The number of amides is 1. The number of nitrogens with two attached hydrogens (primary N) is 1. The Morgan fingerprint density at radius 2 is 1.65 bits per heavy atom. The summed E-state index contributed by atoms with van der Waals surface area (Å²) in [6, 6.07) is 15.2. The molecule has 104 valence electrons. The fourth-order valence-corrected chi connectivity index (χ4v) is 2.07. The van der Waals surface area contributed by atoms with E-state index in [0.717, 1.165) is 5.69 Å². The van der Waals surface area contributed by atoms with Gasteiger partial charge in [-0.25, -0.2) is 0 Å². The zero-order chi connectivity index (χ0) is 14.7. The number of nitrogen functional groups attached to an aromatic ring is 1. The molecule has 0 bridgehead atoms. The molecule has 0 heterocycles. The minimum Gasteiger partial charge on any atom is -0.398 e. The fraction of sp³-hybridized carbons (Fsp3) is 0.235. The lowest BCUT2D eigenvalue weighted by Crippen LogP contribution is -2.26. The predicted octanol–water partition coefficient (Wildman–Crippen LogP) is 3.67. The van der Waals surface area contributed by atoms with Gasteiger partial charge in [-0.3, -0.25) is 4.79 Å².